The van der Waals surface area contributed by atoms with Crippen molar-refractivity contribution in [2.45, 2.75) is 44.6 Å². The summed E-state index contributed by atoms with van der Waals surface area (Å²) in [6.45, 7) is 5.57. The molecule has 1 aliphatic heterocycles. The Bertz CT molecular complexity index is 494. The second-order valence-electron chi connectivity index (χ2n) is 6.28. The molecule has 0 aromatic heterocycles. The van der Waals surface area contributed by atoms with Gasteiger partial charge in [0.15, 0.2) is 5.78 Å². The van der Waals surface area contributed by atoms with Crippen LogP contribution in [0.15, 0.2) is 24.3 Å². The van der Waals surface area contributed by atoms with Gasteiger partial charge in [-0.2, -0.15) is 0 Å². The first-order chi connectivity index (χ1) is 10.3. The molecule has 0 N–H and O–H groups in total. The van der Waals surface area contributed by atoms with Gasteiger partial charge in [0.2, 0.25) is 0 Å². The molecule has 2 aliphatic rings. The summed E-state index contributed by atoms with van der Waals surface area (Å²) >= 11 is 0. The predicted molar refractivity (Wildman–Crippen MR) is 83.8 cm³/mol. The standard InChI is InChI=1S/C18H25NO2/c1-2-9-19-10-11-21-17(13-19)18(20)16-8-4-7-15(12-16)14-5-3-6-14/h4,7-8,12,14,17H,2-3,5-6,9-11,13H2,1H3. The maximum atomic E-state index is 12.7. The Kier molecular flexibility index (Phi) is 4.71. The van der Waals surface area contributed by atoms with Gasteiger partial charge in [0.25, 0.3) is 0 Å². The molecule has 3 nitrogen and oxygen atoms in total. The first-order valence-electron chi connectivity index (χ1n) is 8.26. The van der Waals surface area contributed by atoms with E-state index in [0.717, 1.165) is 31.6 Å². The van der Waals surface area contributed by atoms with E-state index in [9.17, 15) is 4.79 Å². The summed E-state index contributed by atoms with van der Waals surface area (Å²) in [6.07, 6.45) is 4.68. The van der Waals surface area contributed by atoms with E-state index in [2.05, 4.69) is 24.0 Å². The maximum absolute atomic E-state index is 12.7. The summed E-state index contributed by atoms with van der Waals surface area (Å²) < 4.78 is 5.72. The average Bonchev–Trinajstić information content (AvgIpc) is 2.46. The van der Waals surface area contributed by atoms with Crippen molar-refractivity contribution in [1.29, 1.82) is 0 Å². The largest absolute Gasteiger partial charge is 0.367 e. The lowest BCUT2D eigenvalue weighted by Gasteiger charge is -2.32. The van der Waals surface area contributed by atoms with E-state index in [4.69, 9.17) is 4.74 Å². The van der Waals surface area contributed by atoms with E-state index in [1.807, 2.05) is 12.1 Å². The van der Waals surface area contributed by atoms with Crippen LogP contribution in [0.2, 0.25) is 0 Å². The van der Waals surface area contributed by atoms with Crippen molar-refractivity contribution in [3.63, 3.8) is 0 Å². The maximum Gasteiger partial charge on any atom is 0.192 e. The molecule has 1 saturated heterocycles. The first-order valence-corrected chi connectivity index (χ1v) is 8.26. The highest BCUT2D eigenvalue weighted by Crippen LogP contribution is 2.36. The smallest absolute Gasteiger partial charge is 0.192 e. The van der Waals surface area contributed by atoms with E-state index >= 15 is 0 Å². The Hall–Kier alpha value is -1.19. The molecule has 0 radical (unpaired) electrons. The number of rotatable bonds is 5. The van der Waals surface area contributed by atoms with Crippen LogP contribution in [0.1, 0.15) is 54.4 Å². The van der Waals surface area contributed by atoms with Crippen LogP contribution in [0.25, 0.3) is 0 Å². The number of benzene rings is 1. The van der Waals surface area contributed by atoms with Crippen LogP contribution in [0.5, 0.6) is 0 Å². The molecule has 3 heteroatoms. The number of hydrogen-bond acceptors (Lipinski definition) is 3. The zero-order valence-corrected chi connectivity index (χ0v) is 12.9. The lowest BCUT2D eigenvalue weighted by molar-refractivity contribution is -0.0163. The highest BCUT2D eigenvalue weighted by atomic mass is 16.5. The monoisotopic (exact) mass is 287 g/mol. The Morgan fingerprint density at radius 2 is 2.24 bits per heavy atom. The molecule has 0 bridgehead atoms. The lowest BCUT2D eigenvalue weighted by Crippen LogP contribution is -2.46. The molecule has 1 heterocycles. The molecule has 1 atom stereocenters. The number of morpholine rings is 1. The summed E-state index contributed by atoms with van der Waals surface area (Å²) in [6, 6.07) is 8.21. The third-order valence-corrected chi connectivity index (χ3v) is 4.73. The van der Waals surface area contributed by atoms with Crippen LogP contribution in [0.4, 0.5) is 0 Å². The third-order valence-electron chi connectivity index (χ3n) is 4.73. The molecule has 1 aromatic rings. The minimum atomic E-state index is -0.290. The molecule has 1 aromatic carbocycles. The van der Waals surface area contributed by atoms with Gasteiger partial charge in [0.1, 0.15) is 6.10 Å². The SMILES string of the molecule is CCCN1CCOC(C(=O)c2cccc(C3CCC3)c2)C1. The fourth-order valence-corrected chi connectivity index (χ4v) is 3.25. The number of nitrogens with zero attached hydrogens (tertiary/aromatic N) is 1. The van der Waals surface area contributed by atoms with Crippen molar-refractivity contribution < 1.29 is 9.53 Å². The fourth-order valence-electron chi connectivity index (χ4n) is 3.25. The van der Waals surface area contributed by atoms with E-state index in [1.54, 1.807) is 0 Å². The second-order valence-corrected chi connectivity index (χ2v) is 6.28. The third kappa shape index (κ3) is 3.35. The number of ether oxygens (including phenoxy) is 1. The first kappa shape index (κ1) is 14.7. The van der Waals surface area contributed by atoms with Gasteiger partial charge in [-0.3, -0.25) is 9.69 Å². The summed E-state index contributed by atoms with van der Waals surface area (Å²) in [5.74, 6) is 0.818. The normalized spacial score (nSPS) is 23.8. The molecule has 0 amide bonds. The van der Waals surface area contributed by atoms with Crippen molar-refractivity contribution in [2.24, 2.45) is 0 Å². The van der Waals surface area contributed by atoms with Crippen LogP contribution in [0, 0.1) is 0 Å². The van der Waals surface area contributed by atoms with Gasteiger partial charge >= 0.3 is 0 Å². The molecule has 1 unspecified atom stereocenters. The summed E-state index contributed by atoms with van der Waals surface area (Å²) in [7, 11) is 0. The Morgan fingerprint density at radius 3 is 2.95 bits per heavy atom. The summed E-state index contributed by atoms with van der Waals surface area (Å²) in [5.41, 5.74) is 2.15. The molecule has 0 spiro atoms. The van der Waals surface area contributed by atoms with Gasteiger partial charge in [-0.15, -0.1) is 0 Å². The summed E-state index contributed by atoms with van der Waals surface area (Å²) in [4.78, 5) is 15.0. The Morgan fingerprint density at radius 1 is 1.38 bits per heavy atom. The van der Waals surface area contributed by atoms with E-state index in [-0.39, 0.29) is 11.9 Å². The van der Waals surface area contributed by atoms with Gasteiger partial charge in [-0.1, -0.05) is 31.5 Å². The van der Waals surface area contributed by atoms with Crippen molar-refractivity contribution in [2.75, 3.05) is 26.2 Å². The fraction of sp³-hybridized carbons (Fsp3) is 0.611. The molecule has 1 aliphatic carbocycles. The summed E-state index contributed by atoms with van der Waals surface area (Å²) in [5, 5.41) is 0. The minimum absolute atomic E-state index is 0.150. The quantitative estimate of drug-likeness (QED) is 0.779. The van der Waals surface area contributed by atoms with E-state index < -0.39 is 0 Å². The second kappa shape index (κ2) is 6.71. The highest BCUT2D eigenvalue weighted by Gasteiger charge is 2.28. The van der Waals surface area contributed by atoms with Crippen molar-refractivity contribution in [1.82, 2.24) is 4.90 Å². The molecular formula is C18H25NO2. The van der Waals surface area contributed by atoms with Crippen molar-refractivity contribution in [3.8, 4) is 0 Å². The number of ketones is 1. The van der Waals surface area contributed by atoms with Gasteiger partial charge in [-0.25, -0.2) is 0 Å². The zero-order valence-electron chi connectivity index (χ0n) is 12.9. The number of carbonyl (C=O) groups excluding carboxylic acids is 1. The van der Waals surface area contributed by atoms with Crippen LogP contribution in [0.3, 0.4) is 0 Å². The molecular weight excluding hydrogens is 262 g/mol. The van der Waals surface area contributed by atoms with Gasteiger partial charge < -0.3 is 4.74 Å². The highest BCUT2D eigenvalue weighted by molar-refractivity contribution is 5.99. The lowest BCUT2D eigenvalue weighted by atomic mass is 9.79. The molecule has 1 saturated carbocycles. The van der Waals surface area contributed by atoms with Gasteiger partial charge in [0, 0.05) is 18.7 Å². The zero-order chi connectivity index (χ0) is 14.7. The van der Waals surface area contributed by atoms with Crippen LogP contribution in [-0.2, 0) is 4.74 Å². The predicted octanol–water partition coefficient (Wildman–Crippen LogP) is 3.25. The van der Waals surface area contributed by atoms with Crippen molar-refractivity contribution in [3.05, 3.63) is 35.4 Å². The van der Waals surface area contributed by atoms with Crippen LogP contribution >= 0.6 is 0 Å². The topological polar surface area (TPSA) is 29.5 Å². The van der Waals surface area contributed by atoms with Crippen LogP contribution in [-0.4, -0.2) is 43.0 Å². The molecule has 2 fully saturated rings. The molecule has 21 heavy (non-hydrogen) atoms. The number of Topliss-reactive ketones (excluding diaryl/α,β-unsaturated/α-hetero) is 1. The van der Waals surface area contributed by atoms with E-state index in [0.29, 0.717) is 12.5 Å². The number of carbonyl (C=O) groups is 1. The molecule has 3 rings (SSSR count). The number of hydrogen-bond donors (Lipinski definition) is 0. The van der Waals surface area contributed by atoms with Gasteiger partial charge in [0.05, 0.1) is 6.61 Å². The van der Waals surface area contributed by atoms with Gasteiger partial charge in [-0.05, 0) is 43.4 Å². The Labute approximate surface area is 127 Å². The minimum Gasteiger partial charge on any atom is -0.367 e. The van der Waals surface area contributed by atoms with E-state index in [1.165, 1.54) is 24.8 Å². The average molecular weight is 287 g/mol. The molecule has 114 valence electrons. The van der Waals surface area contributed by atoms with Crippen LogP contribution < -0.4 is 0 Å². The Balaban J connectivity index is 1.69. The van der Waals surface area contributed by atoms with Crippen molar-refractivity contribution >= 4 is 5.78 Å².